The summed E-state index contributed by atoms with van der Waals surface area (Å²) in [5.74, 6) is -6.96. The molecule has 1 aliphatic heterocycles. The largest absolute Gasteiger partial charge is 0.459 e. The first-order valence-corrected chi connectivity index (χ1v) is 19.0. The molecule has 0 amide bonds. The number of benzene rings is 5. The molecule has 0 saturated heterocycles. The summed E-state index contributed by atoms with van der Waals surface area (Å²) < 4.78 is 118. The van der Waals surface area contributed by atoms with Crippen LogP contribution in [0.25, 0.3) is 0 Å². The third-order valence-corrected chi connectivity index (χ3v) is 14.9. The Bertz CT molecular complexity index is 1940. The Morgan fingerprint density at radius 3 is 0.915 bits per heavy atom. The Morgan fingerprint density at radius 1 is 0.362 bits per heavy atom. The van der Waals surface area contributed by atoms with Gasteiger partial charge in [-0.25, -0.2) is 22.0 Å². The number of nitrogens with zero attached hydrogens (tertiary/aromatic N) is 3. The summed E-state index contributed by atoms with van der Waals surface area (Å²) >= 11 is 6.96. The van der Waals surface area contributed by atoms with E-state index in [1.165, 1.54) is 91.0 Å². The first kappa shape index (κ1) is 32.7. The molecule has 8 nitrogen and oxygen atoms in total. The van der Waals surface area contributed by atoms with Gasteiger partial charge in [0.2, 0.25) is 0 Å². The lowest BCUT2D eigenvalue weighted by Gasteiger charge is -2.31. The molecular weight excluding hydrogens is 706 g/mol. The quantitative estimate of drug-likeness (QED) is 0.106. The maximum Gasteiger partial charge on any atom is 0.459 e. The number of rotatable bonds is 10. The minimum absolute atomic E-state index is 0.449. The van der Waals surface area contributed by atoms with Gasteiger partial charge in [0.15, 0.2) is 57.8 Å². The minimum atomic E-state index is -4.69. The lowest BCUT2D eigenvalue weighted by molar-refractivity contribution is 0.421. The number of hydrogen-bond donors (Lipinski definition) is 0. The average Bonchev–Trinajstić information content (AvgIpc) is 3.03. The van der Waals surface area contributed by atoms with E-state index in [4.69, 9.17) is 33.9 Å². The van der Waals surface area contributed by atoms with Gasteiger partial charge in [0.05, 0.1) is 0 Å². The van der Waals surface area contributed by atoms with Crippen LogP contribution in [-0.4, -0.2) is 0 Å². The van der Waals surface area contributed by atoms with Gasteiger partial charge in [-0.15, -0.1) is 9.03 Å². The number of hydrogen-bond acceptors (Lipinski definition) is 8. The second-order valence-corrected chi connectivity index (χ2v) is 16.6. The molecule has 0 aromatic heterocycles. The van der Waals surface area contributed by atoms with Crippen LogP contribution in [0.4, 0.5) is 22.0 Å². The molecular formula is C30H20ClF5N3O5P3. The first-order valence-electron chi connectivity index (χ1n) is 13.4. The molecule has 6 rings (SSSR count). The molecule has 5 aromatic rings. The van der Waals surface area contributed by atoms with Crippen LogP contribution in [0.15, 0.2) is 135 Å². The lowest BCUT2D eigenvalue weighted by Crippen LogP contribution is -2.09. The highest BCUT2D eigenvalue weighted by molar-refractivity contribution is 7.94. The van der Waals surface area contributed by atoms with Crippen molar-refractivity contribution in [3.63, 3.8) is 0 Å². The highest BCUT2D eigenvalue weighted by Gasteiger charge is 2.47. The molecule has 0 fully saturated rings. The van der Waals surface area contributed by atoms with Gasteiger partial charge in [0, 0.05) is 0 Å². The van der Waals surface area contributed by atoms with E-state index < -0.39 is 79.9 Å². The van der Waals surface area contributed by atoms with Gasteiger partial charge in [0.25, 0.3) is 0 Å². The zero-order chi connectivity index (χ0) is 33.1. The molecule has 0 bridgehead atoms. The van der Waals surface area contributed by atoms with Crippen LogP contribution < -0.4 is 22.6 Å². The zero-order valence-corrected chi connectivity index (χ0v) is 27.0. The van der Waals surface area contributed by atoms with Crippen LogP contribution in [0.1, 0.15) is 0 Å². The smallest absolute Gasteiger partial charge is 0.427 e. The topological polar surface area (TPSA) is 83.2 Å². The van der Waals surface area contributed by atoms with Crippen LogP contribution in [0, 0.1) is 29.1 Å². The van der Waals surface area contributed by atoms with E-state index in [2.05, 4.69) is 13.5 Å². The summed E-state index contributed by atoms with van der Waals surface area (Å²) in [4.78, 5) is 0. The van der Waals surface area contributed by atoms with Crippen molar-refractivity contribution in [1.29, 1.82) is 0 Å². The van der Waals surface area contributed by atoms with Crippen LogP contribution in [0.3, 0.4) is 0 Å². The van der Waals surface area contributed by atoms with E-state index in [0.29, 0.717) is 0 Å². The molecule has 17 heteroatoms. The van der Waals surface area contributed by atoms with Crippen molar-refractivity contribution in [3.8, 4) is 28.7 Å². The molecule has 5 aromatic carbocycles. The normalized spacial score (nSPS) is 17.7. The van der Waals surface area contributed by atoms with E-state index in [-0.39, 0.29) is 0 Å². The minimum Gasteiger partial charge on any atom is -0.427 e. The zero-order valence-electron chi connectivity index (χ0n) is 23.5. The van der Waals surface area contributed by atoms with E-state index in [1.54, 1.807) is 0 Å². The molecule has 0 radical (unpaired) electrons. The van der Waals surface area contributed by atoms with Crippen molar-refractivity contribution in [2.24, 2.45) is 13.5 Å². The molecule has 1 atom stereocenters. The average molecular weight is 726 g/mol. The monoisotopic (exact) mass is 725 g/mol. The number of halogens is 6. The molecule has 0 spiro atoms. The Labute approximate surface area is 270 Å². The van der Waals surface area contributed by atoms with Crippen molar-refractivity contribution in [1.82, 2.24) is 0 Å². The Kier molecular flexibility index (Phi) is 9.35. The summed E-state index contributed by atoms with van der Waals surface area (Å²) in [5, 5.41) is 0. The Balaban J connectivity index is 1.69. The highest BCUT2D eigenvalue weighted by atomic mass is 35.7. The van der Waals surface area contributed by atoms with Crippen LogP contribution >= 0.6 is 33.3 Å². The lowest BCUT2D eigenvalue weighted by atomic mass is 10.3. The van der Waals surface area contributed by atoms with Crippen molar-refractivity contribution in [2.45, 2.75) is 0 Å². The highest BCUT2D eigenvalue weighted by Crippen LogP contribution is 2.80. The molecule has 1 unspecified atom stereocenters. The van der Waals surface area contributed by atoms with Crippen LogP contribution in [-0.2, 0) is 0 Å². The van der Waals surface area contributed by atoms with Crippen molar-refractivity contribution in [2.75, 3.05) is 0 Å². The summed E-state index contributed by atoms with van der Waals surface area (Å²) in [5.41, 5.74) is 0. The fourth-order valence-electron chi connectivity index (χ4n) is 3.93. The molecule has 0 saturated carbocycles. The predicted octanol–water partition coefficient (Wildman–Crippen LogP) is 12.2. The fraction of sp³-hybridized carbons (Fsp3) is 0. The molecule has 1 heterocycles. The Hall–Kier alpha value is -4.27. The van der Waals surface area contributed by atoms with Gasteiger partial charge < -0.3 is 22.6 Å². The third kappa shape index (κ3) is 7.50. The summed E-state index contributed by atoms with van der Waals surface area (Å²) in [6, 6.07) is 25.2. The Morgan fingerprint density at radius 2 is 0.617 bits per heavy atom. The van der Waals surface area contributed by atoms with Gasteiger partial charge in [-0.05, 0) is 71.9 Å². The van der Waals surface area contributed by atoms with Gasteiger partial charge >= 0.3 is 22.1 Å². The van der Waals surface area contributed by atoms with Gasteiger partial charge in [-0.1, -0.05) is 65.2 Å². The van der Waals surface area contributed by atoms with Crippen LogP contribution in [0.5, 0.6) is 28.7 Å². The second-order valence-electron chi connectivity index (χ2n) is 9.33. The molecule has 0 aliphatic carbocycles. The van der Waals surface area contributed by atoms with Gasteiger partial charge in [-0.3, -0.25) is 0 Å². The van der Waals surface area contributed by atoms with Crippen molar-refractivity contribution < 1.29 is 44.6 Å². The van der Waals surface area contributed by atoms with Gasteiger partial charge in [-0.2, -0.15) is 0 Å². The first-order chi connectivity index (χ1) is 22.6. The summed E-state index contributed by atoms with van der Waals surface area (Å²) in [6.07, 6.45) is 0. The van der Waals surface area contributed by atoms with Gasteiger partial charge in [0.1, 0.15) is 0 Å². The maximum atomic E-state index is 15.1. The summed E-state index contributed by atoms with van der Waals surface area (Å²) in [7, 11) is -9.37. The van der Waals surface area contributed by atoms with E-state index in [9.17, 15) is 4.39 Å². The van der Waals surface area contributed by atoms with Crippen molar-refractivity contribution in [3.05, 3.63) is 150 Å². The SMILES string of the molecule is Fc1ccccc1OP1(Cl)=NP(Oc2ccccc2F)(Oc2ccccc2F)=NP(Oc2ccccc2F)(Oc2ccccc2F)=N1. The summed E-state index contributed by atoms with van der Waals surface area (Å²) in [6.45, 7) is -4.47. The standard InChI is InChI=1S/C30H20ClF5N3O5P3/c31-45(40-26-16-6-1-11-21(26)32)37-46(41-27-17-7-2-12-22(27)33,42-28-18-8-3-13-23(28)34)39-47(38-45,43-29-19-9-4-14-24(29)35)44-30-20-10-5-15-25(30)36/h1-20H. The molecule has 47 heavy (non-hydrogen) atoms. The molecule has 0 N–H and O–H groups in total. The predicted molar refractivity (Wildman–Crippen MR) is 169 cm³/mol. The maximum absolute atomic E-state index is 15.1. The molecule has 1 aliphatic rings. The van der Waals surface area contributed by atoms with E-state index in [1.807, 2.05) is 0 Å². The second kappa shape index (κ2) is 13.5. The van der Waals surface area contributed by atoms with Crippen LogP contribution in [0.2, 0.25) is 0 Å². The van der Waals surface area contributed by atoms with E-state index in [0.717, 1.165) is 30.3 Å². The number of para-hydroxylation sites is 5. The van der Waals surface area contributed by atoms with E-state index >= 15 is 17.6 Å². The third-order valence-electron chi connectivity index (χ3n) is 5.94. The molecule has 242 valence electrons. The fourth-order valence-corrected chi connectivity index (χ4v) is 14.0. The van der Waals surface area contributed by atoms with Crippen molar-refractivity contribution >= 4 is 33.3 Å².